The maximum absolute atomic E-state index is 11.3. The van der Waals surface area contributed by atoms with Crippen LogP contribution in [0, 0.1) is 0 Å². The monoisotopic (exact) mass is 395 g/mol. The van der Waals surface area contributed by atoms with Crippen molar-refractivity contribution < 1.29 is 9.47 Å². The molecule has 3 heterocycles. The topological polar surface area (TPSA) is 67.5 Å². The fourth-order valence-electron chi connectivity index (χ4n) is 4.00. The van der Waals surface area contributed by atoms with Gasteiger partial charge in [0, 0.05) is 18.2 Å². The van der Waals surface area contributed by atoms with Crippen molar-refractivity contribution in [1.82, 2.24) is 15.1 Å². The molecule has 0 spiro atoms. The van der Waals surface area contributed by atoms with E-state index in [0.29, 0.717) is 19.3 Å². The third-order valence-electron chi connectivity index (χ3n) is 5.34. The molecule has 6 nitrogen and oxygen atoms in total. The second-order valence-electron chi connectivity index (χ2n) is 7.15. The van der Waals surface area contributed by atoms with Crippen molar-refractivity contribution >= 4 is 11.3 Å². The molecule has 3 aromatic rings. The van der Waals surface area contributed by atoms with Crippen LogP contribution in [0.2, 0.25) is 0 Å². The molecule has 0 bridgehead atoms. The number of hydrogen-bond donors (Lipinski definition) is 1. The zero-order valence-corrected chi connectivity index (χ0v) is 16.2. The number of likely N-dealkylation sites (tertiary alicyclic amines) is 1. The van der Waals surface area contributed by atoms with E-state index in [9.17, 15) is 4.79 Å². The molecule has 28 heavy (non-hydrogen) atoms. The van der Waals surface area contributed by atoms with Crippen LogP contribution in [0.1, 0.15) is 30.0 Å². The first kappa shape index (κ1) is 17.5. The zero-order valence-electron chi connectivity index (χ0n) is 15.4. The van der Waals surface area contributed by atoms with Crippen LogP contribution in [0.15, 0.2) is 47.3 Å². The lowest BCUT2D eigenvalue weighted by Gasteiger charge is -2.26. The van der Waals surface area contributed by atoms with E-state index >= 15 is 0 Å². The summed E-state index contributed by atoms with van der Waals surface area (Å²) >= 11 is 1.13. The Bertz CT molecular complexity index is 1030. The minimum atomic E-state index is -0.126. The highest BCUT2D eigenvalue weighted by molar-refractivity contribution is 7.12. The molecule has 2 aliphatic rings. The van der Waals surface area contributed by atoms with Crippen LogP contribution in [0.3, 0.4) is 0 Å². The van der Waals surface area contributed by atoms with Gasteiger partial charge in [0.2, 0.25) is 0 Å². The van der Waals surface area contributed by atoms with E-state index in [-0.39, 0.29) is 4.87 Å². The lowest BCUT2D eigenvalue weighted by molar-refractivity contribution is 0.170. The smallest absolute Gasteiger partial charge is 0.322 e. The Balaban J connectivity index is 1.32. The summed E-state index contributed by atoms with van der Waals surface area (Å²) in [6.07, 6.45) is 2.34. The molecule has 144 valence electrons. The van der Waals surface area contributed by atoms with Crippen molar-refractivity contribution in [2.75, 3.05) is 19.8 Å². The number of benzene rings is 2. The van der Waals surface area contributed by atoms with Crippen LogP contribution in [0.25, 0.3) is 10.6 Å². The summed E-state index contributed by atoms with van der Waals surface area (Å²) in [5.41, 5.74) is 3.52. The van der Waals surface area contributed by atoms with Gasteiger partial charge in [-0.1, -0.05) is 41.7 Å². The quantitative estimate of drug-likeness (QED) is 0.731. The van der Waals surface area contributed by atoms with Crippen LogP contribution in [-0.4, -0.2) is 34.9 Å². The molecule has 1 saturated heterocycles. The number of aromatic nitrogens is 2. The summed E-state index contributed by atoms with van der Waals surface area (Å²) in [6, 6.07) is 15.1. The lowest BCUT2D eigenvalue weighted by atomic mass is 10.0. The first-order chi connectivity index (χ1) is 13.8. The predicted molar refractivity (Wildman–Crippen MR) is 108 cm³/mol. The van der Waals surface area contributed by atoms with Gasteiger partial charge in [0.1, 0.15) is 18.2 Å². The van der Waals surface area contributed by atoms with E-state index in [4.69, 9.17) is 9.47 Å². The number of nitrogens with zero attached hydrogens (tertiary/aromatic N) is 2. The molecule has 0 aliphatic carbocycles. The van der Waals surface area contributed by atoms with E-state index in [1.54, 1.807) is 0 Å². The van der Waals surface area contributed by atoms with Crippen molar-refractivity contribution in [3.05, 3.63) is 63.3 Å². The van der Waals surface area contributed by atoms with Gasteiger partial charge in [-0.2, -0.15) is 5.10 Å². The Morgan fingerprint density at radius 2 is 1.93 bits per heavy atom. The van der Waals surface area contributed by atoms with E-state index < -0.39 is 0 Å². The third-order valence-corrected chi connectivity index (χ3v) is 6.14. The number of rotatable bonds is 4. The van der Waals surface area contributed by atoms with Crippen molar-refractivity contribution in [1.29, 1.82) is 0 Å². The Labute approximate surface area is 166 Å². The fourth-order valence-corrected chi connectivity index (χ4v) is 4.61. The summed E-state index contributed by atoms with van der Waals surface area (Å²) in [4.78, 5) is 13.7. The van der Waals surface area contributed by atoms with Crippen molar-refractivity contribution in [2.24, 2.45) is 0 Å². The highest BCUT2D eigenvalue weighted by Crippen LogP contribution is 2.38. The predicted octanol–water partition coefficient (Wildman–Crippen LogP) is 3.61. The van der Waals surface area contributed by atoms with Gasteiger partial charge < -0.3 is 9.47 Å². The molecule has 2 aromatic carbocycles. The van der Waals surface area contributed by atoms with E-state index in [1.807, 2.05) is 18.2 Å². The van der Waals surface area contributed by atoms with Crippen molar-refractivity contribution in [3.63, 3.8) is 0 Å². The molecule has 1 aromatic heterocycles. The minimum Gasteiger partial charge on any atom is -0.486 e. The lowest BCUT2D eigenvalue weighted by Crippen LogP contribution is -2.23. The molecule has 0 unspecified atom stereocenters. The molecule has 0 amide bonds. The van der Waals surface area contributed by atoms with Crippen LogP contribution < -0.4 is 14.3 Å². The van der Waals surface area contributed by atoms with Gasteiger partial charge >= 0.3 is 4.87 Å². The van der Waals surface area contributed by atoms with E-state index in [2.05, 4.69) is 39.4 Å². The standard InChI is InChI=1S/C21H21N3O3S/c25-21-23-22-20(28-21)15-5-3-14(4-6-15)13-24-9-1-2-17(24)16-7-8-18-19(12-16)27-11-10-26-18/h3-8,12,17H,1-2,9-11,13H2,(H,23,25)/t17-/m1/s1. The molecule has 7 heteroatoms. The van der Waals surface area contributed by atoms with Crippen LogP contribution >= 0.6 is 11.3 Å². The molecule has 1 atom stereocenters. The number of ether oxygens (including phenoxy) is 2. The van der Waals surface area contributed by atoms with Gasteiger partial charge in [-0.3, -0.25) is 9.69 Å². The summed E-state index contributed by atoms with van der Waals surface area (Å²) in [7, 11) is 0. The molecule has 5 rings (SSSR count). The third kappa shape index (κ3) is 3.43. The molecule has 0 radical (unpaired) electrons. The second-order valence-corrected chi connectivity index (χ2v) is 8.11. The summed E-state index contributed by atoms with van der Waals surface area (Å²) in [5, 5.41) is 7.25. The average Bonchev–Trinajstić information content (AvgIpc) is 3.37. The Hall–Kier alpha value is -2.64. The first-order valence-corrected chi connectivity index (χ1v) is 10.4. The number of H-pyrrole nitrogens is 1. The van der Waals surface area contributed by atoms with Crippen LogP contribution in [0.5, 0.6) is 11.5 Å². The number of nitrogens with one attached hydrogen (secondary N) is 1. The average molecular weight is 395 g/mol. The Morgan fingerprint density at radius 1 is 1.11 bits per heavy atom. The van der Waals surface area contributed by atoms with Gasteiger partial charge in [-0.15, -0.1) is 0 Å². The number of hydrogen-bond acceptors (Lipinski definition) is 6. The largest absolute Gasteiger partial charge is 0.486 e. The molecular weight excluding hydrogens is 374 g/mol. The van der Waals surface area contributed by atoms with Crippen LogP contribution in [-0.2, 0) is 6.54 Å². The molecular formula is C21H21N3O3S. The van der Waals surface area contributed by atoms with Gasteiger partial charge in [-0.25, -0.2) is 5.10 Å². The van der Waals surface area contributed by atoms with Gasteiger partial charge in [0.05, 0.1) is 0 Å². The molecule has 1 N–H and O–H groups in total. The molecule has 1 fully saturated rings. The zero-order chi connectivity index (χ0) is 18.9. The normalized spacial score (nSPS) is 19.1. The van der Waals surface area contributed by atoms with E-state index in [1.165, 1.54) is 17.5 Å². The van der Waals surface area contributed by atoms with Crippen LogP contribution in [0.4, 0.5) is 0 Å². The molecule has 0 saturated carbocycles. The second kappa shape index (κ2) is 7.41. The Kier molecular flexibility index (Phi) is 4.62. The highest BCUT2D eigenvalue weighted by atomic mass is 32.1. The van der Waals surface area contributed by atoms with Gasteiger partial charge in [-0.05, 0) is 42.6 Å². The maximum Gasteiger partial charge on any atom is 0.322 e. The number of aromatic amines is 1. The maximum atomic E-state index is 11.3. The Morgan fingerprint density at radius 3 is 2.71 bits per heavy atom. The highest BCUT2D eigenvalue weighted by Gasteiger charge is 2.27. The summed E-state index contributed by atoms with van der Waals surface area (Å²) in [6.45, 7) is 3.22. The van der Waals surface area contributed by atoms with Crippen molar-refractivity contribution in [3.8, 4) is 22.1 Å². The minimum absolute atomic E-state index is 0.126. The summed E-state index contributed by atoms with van der Waals surface area (Å²) < 4.78 is 11.4. The molecule has 2 aliphatic heterocycles. The fraction of sp³-hybridized carbons (Fsp3) is 0.333. The number of fused-ring (bicyclic) bond motifs is 1. The summed E-state index contributed by atoms with van der Waals surface area (Å²) in [5.74, 6) is 1.70. The van der Waals surface area contributed by atoms with Gasteiger partial charge in [0.25, 0.3) is 0 Å². The SMILES string of the molecule is O=c1[nH]nc(-c2ccc(CN3CCC[C@@H]3c3ccc4c(c3)OCCO4)cc2)s1. The van der Waals surface area contributed by atoms with Crippen molar-refractivity contribution in [2.45, 2.75) is 25.4 Å². The van der Waals surface area contributed by atoms with E-state index in [0.717, 1.165) is 52.9 Å². The van der Waals surface area contributed by atoms with Gasteiger partial charge in [0.15, 0.2) is 11.5 Å². The first-order valence-electron chi connectivity index (χ1n) is 9.55.